The van der Waals surface area contributed by atoms with Crippen LogP contribution in [-0.4, -0.2) is 39.6 Å². The average Bonchev–Trinajstić information content (AvgIpc) is 2.32. The minimum atomic E-state index is -2.98. The third-order valence-electron chi connectivity index (χ3n) is 3.10. The number of rotatable bonds is 6. The van der Waals surface area contributed by atoms with Crippen molar-refractivity contribution in [2.45, 2.75) is 32.9 Å². The molecule has 120 valence electrons. The molecule has 6 heteroatoms. The Morgan fingerprint density at radius 1 is 1.29 bits per heavy atom. The van der Waals surface area contributed by atoms with Crippen LogP contribution in [0.1, 0.15) is 26.3 Å². The maximum Gasteiger partial charge on any atom is 0.149 e. The fraction of sp³-hybridized carbons (Fsp3) is 0.600. The molecule has 0 unspecified atom stereocenters. The zero-order valence-electron chi connectivity index (χ0n) is 13.4. The summed E-state index contributed by atoms with van der Waals surface area (Å²) in [5.41, 5.74) is 1.94. The Balaban J connectivity index is 2.93. The van der Waals surface area contributed by atoms with E-state index >= 15 is 0 Å². The summed E-state index contributed by atoms with van der Waals surface area (Å²) in [4.78, 5) is 1.94. The second-order valence-corrected chi connectivity index (χ2v) is 9.06. The highest BCUT2D eigenvalue weighted by molar-refractivity contribution is 7.90. The van der Waals surface area contributed by atoms with Crippen molar-refractivity contribution in [2.75, 3.05) is 30.5 Å². The van der Waals surface area contributed by atoms with Gasteiger partial charge in [0.15, 0.2) is 0 Å². The van der Waals surface area contributed by atoms with Crippen molar-refractivity contribution in [1.82, 2.24) is 5.32 Å². The number of nitrogens with zero attached hydrogens (tertiary/aromatic N) is 1. The molecule has 1 aromatic rings. The smallest absolute Gasteiger partial charge is 0.149 e. The Labute approximate surface area is 133 Å². The molecule has 0 bridgehead atoms. The van der Waals surface area contributed by atoms with Crippen molar-refractivity contribution in [3.05, 3.63) is 28.8 Å². The zero-order chi connectivity index (χ0) is 16.3. The van der Waals surface area contributed by atoms with Gasteiger partial charge in [0, 0.05) is 48.2 Å². The van der Waals surface area contributed by atoms with Gasteiger partial charge in [0.05, 0.1) is 5.75 Å². The van der Waals surface area contributed by atoms with E-state index in [0.717, 1.165) is 11.3 Å². The van der Waals surface area contributed by atoms with Crippen LogP contribution < -0.4 is 10.2 Å². The number of hydrogen-bond donors (Lipinski definition) is 1. The van der Waals surface area contributed by atoms with Gasteiger partial charge in [0.1, 0.15) is 9.84 Å². The third kappa shape index (κ3) is 6.68. The second-order valence-electron chi connectivity index (χ2n) is 6.39. The molecule has 0 spiro atoms. The molecule has 0 saturated carbocycles. The van der Waals surface area contributed by atoms with Crippen molar-refractivity contribution in [3.63, 3.8) is 0 Å². The van der Waals surface area contributed by atoms with Gasteiger partial charge in [-0.15, -0.1) is 0 Å². The Kier molecular flexibility index (Phi) is 6.08. The van der Waals surface area contributed by atoms with Crippen molar-refractivity contribution < 1.29 is 8.42 Å². The fourth-order valence-corrected chi connectivity index (χ4v) is 2.70. The summed E-state index contributed by atoms with van der Waals surface area (Å²) < 4.78 is 22.6. The van der Waals surface area contributed by atoms with Crippen LogP contribution in [0.2, 0.25) is 5.02 Å². The zero-order valence-corrected chi connectivity index (χ0v) is 15.0. The van der Waals surface area contributed by atoms with Gasteiger partial charge in [0.25, 0.3) is 0 Å². The van der Waals surface area contributed by atoms with Gasteiger partial charge in [-0.05, 0) is 32.9 Å². The van der Waals surface area contributed by atoms with Gasteiger partial charge in [-0.3, -0.25) is 0 Å². The van der Waals surface area contributed by atoms with Crippen LogP contribution in [-0.2, 0) is 16.4 Å². The molecule has 0 fully saturated rings. The Morgan fingerprint density at radius 3 is 2.43 bits per heavy atom. The first-order valence-electron chi connectivity index (χ1n) is 6.91. The molecule has 0 aliphatic heterocycles. The molecule has 0 saturated heterocycles. The fourth-order valence-electron chi connectivity index (χ4n) is 1.86. The van der Waals surface area contributed by atoms with Crippen LogP contribution in [0.4, 0.5) is 5.69 Å². The summed E-state index contributed by atoms with van der Waals surface area (Å²) in [7, 11) is -1.09. The van der Waals surface area contributed by atoms with E-state index in [4.69, 9.17) is 11.6 Å². The molecule has 1 aromatic carbocycles. The highest BCUT2D eigenvalue weighted by Gasteiger charge is 2.15. The summed E-state index contributed by atoms with van der Waals surface area (Å²) in [6.45, 7) is 7.37. The maximum absolute atomic E-state index is 11.3. The van der Waals surface area contributed by atoms with Crippen LogP contribution in [0, 0.1) is 0 Å². The molecule has 0 aliphatic carbocycles. The quantitative estimate of drug-likeness (QED) is 0.870. The van der Waals surface area contributed by atoms with E-state index in [1.807, 2.05) is 30.1 Å². The monoisotopic (exact) mass is 332 g/mol. The number of nitrogens with one attached hydrogen (secondary N) is 1. The van der Waals surface area contributed by atoms with Crippen LogP contribution in [0.25, 0.3) is 0 Å². The lowest BCUT2D eigenvalue weighted by Gasteiger charge is -2.26. The number of hydrogen-bond acceptors (Lipinski definition) is 4. The van der Waals surface area contributed by atoms with Gasteiger partial charge in [-0.25, -0.2) is 8.42 Å². The van der Waals surface area contributed by atoms with Crippen LogP contribution in [0.15, 0.2) is 18.2 Å². The molecule has 1 rings (SSSR count). The molecule has 1 N–H and O–H groups in total. The van der Waals surface area contributed by atoms with Crippen molar-refractivity contribution in [2.24, 2.45) is 0 Å². The summed E-state index contributed by atoms with van der Waals surface area (Å²) in [5, 5.41) is 4.11. The first-order valence-corrected chi connectivity index (χ1v) is 9.35. The van der Waals surface area contributed by atoms with E-state index in [0.29, 0.717) is 18.1 Å². The lowest BCUT2D eigenvalue weighted by atomic mass is 10.1. The highest BCUT2D eigenvalue weighted by atomic mass is 35.5. The largest absolute Gasteiger partial charge is 0.373 e. The second kappa shape index (κ2) is 6.99. The lowest BCUT2D eigenvalue weighted by molar-refractivity contribution is 0.424. The molecule has 0 aliphatic rings. The highest BCUT2D eigenvalue weighted by Crippen LogP contribution is 2.27. The standard InChI is InChI=1S/C15H25ClN2O2S/c1-15(2,3)17-11-12-13(16)7-6-8-14(12)18(4)9-10-21(5,19)20/h6-8,17H,9-11H2,1-5H3. The molecule has 0 atom stereocenters. The molecule has 21 heavy (non-hydrogen) atoms. The number of sulfone groups is 1. The minimum absolute atomic E-state index is 0.0121. The van der Waals surface area contributed by atoms with Gasteiger partial charge < -0.3 is 10.2 Å². The Morgan fingerprint density at radius 2 is 1.90 bits per heavy atom. The molecular formula is C15H25ClN2O2S. The van der Waals surface area contributed by atoms with E-state index < -0.39 is 9.84 Å². The average molecular weight is 333 g/mol. The van der Waals surface area contributed by atoms with Gasteiger partial charge in [-0.2, -0.15) is 0 Å². The molecule has 0 amide bonds. The van der Waals surface area contributed by atoms with Crippen LogP contribution in [0.5, 0.6) is 0 Å². The molecule has 0 heterocycles. The maximum atomic E-state index is 11.3. The Bertz CT molecular complexity index is 580. The predicted octanol–water partition coefficient (Wildman–Crippen LogP) is 2.71. The predicted molar refractivity (Wildman–Crippen MR) is 91.0 cm³/mol. The molecular weight excluding hydrogens is 308 g/mol. The van der Waals surface area contributed by atoms with Crippen molar-refractivity contribution in [3.8, 4) is 0 Å². The van der Waals surface area contributed by atoms with Crippen molar-refractivity contribution >= 4 is 27.1 Å². The summed E-state index contributed by atoms with van der Waals surface area (Å²) >= 11 is 6.31. The first kappa shape index (κ1) is 18.3. The van der Waals surface area contributed by atoms with E-state index in [1.54, 1.807) is 0 Å². The first-order chi connectivity index (χ1) is 9.49. The summed E-state index contributed by atoms with van der Waals surface area (Å²) in [5.74, 6) is 0.127. The van der Waals surface area contributed by atoms with Gasteiger partial charge in [0.2, 0.25) is 0 Å². The Hall–Kier alpha value is -0.780. The normalized spacial score (nSPS) is 12.5. The van der Waals surface area contributed by atoms with E-state index in [-0.39, 0.29) is 11.3 Å². The summed E-state index contributed by atoms with van der Waals surface area (Å²) in [6.07, 6.45) is 1.25. The SMILES string of the molecule is CN(CCS(C)(=O)=O)c1cccc(Cl)c1CNC(C)(C)C. The molecule has 0 aromatic heterocycles. The topological polar surface area (TPSA) is 49.4 Å². The number of benzene rings is 1. The van der Waals surface area contributed by atoms with Crippen LogP contribution >= 0.6 is 11.6 Å². The van der Waals surface area contributed by atoms with E-state index in [1.165, 1.54) is 6.26 Å². The molecule has 0 radical (unpaired) electrons. The van der Waals surface area contributed by atoms with Crippen LogP contribution in [0.3, 0.4) is 0 Å². The van der Waals surface area contributed by atoms with Crippen molar-refractivity contribution in [1.29, 1.82) is 0 Å². The van der Waals surface area contributed by atoms with E-state index in [9.17, 15) is 8.42 Å². The third-order valence-corrected chi connectivity index (χ3v) is 4.38. The minimum Gasteiger partial charge on any atom is -0.373 e. The number of halogens is 1. The molecule has 4 nitrogen and oxygen atoms in total. The number of anilines is 1. The van der Waals surface area contributed by atoms with E-state index in [2.05, 4.69) is 26.1 Å². The van der Waals surface area contributed by atoms with Gasteiger partial charge >= 0.3 is 0 Å². The summed E-state index contributed by atoms with van der Waals surface area (Å²) in [6, 6.07) is 5.71. The lowest BCUT2D eigenvalue weighted by Crippen LogP contribution is -2.36. The van der Waals surface area contributed by atoms with Gasteiger partial charge in [-0.1, -0.05) is 17.7 Å².